The van der Waals surface area contributed by atoms with Crippen molar-refractivity contribution >= 4 is 0 Å². The first-order valence-electron chi connectivity index (χ1n) is 4.30. The molecule has 1 nitrogen and oxygen atoms in total. The van der Waals surface area contributed by atoms with Crippen LogP contribution in [-0.4, -0.2) is 12.7 Å². The molecule has 0 radical (unpaired) electrons. The molecule has 3 heteroatoms. The van der Waals surface area contributed by atoms with Crippen LogP contribution in [0.4, 0.5) is 8.78 Å². The topological polar surface area (TPSA) is 12.5 Å². The molecule has 0 aliphatic carbocycles. The molecule has 0 amide bonds. The van der Waals surface area contributed by atoms with Gasteiger partial charge in [-0.3, -0.25) is 0 Å². The van der Waals surface area contributed by atoms with Crippen LogP contribution in [0.3, 0.4) is 0 Å². The van der Waals surface area contributed by atoms with Gasteiger partial charge in [0.2, 0.25) is 0 Å². The maximum Gasteiger partial charge on any atom is 0.126 e. The van der Waals surface area contributed by atoms with Gasteiger partial charge in [0.1, 0.15) is 11.6 Å². The van der Waals surface area contributed by atoms with Gasteiger partial charge in [0.25, 0.3) is 0 Å². The van der Waals surface area contributed by atoms with Crippen molar-refractivity contribution in [1.29, 1.82) is 0 Å². The Morgan fingerprint density at radius 1 is 1.23 bits per heavy atom. The minimum atomic E-state index is -0.508. The van der Waals surface area contributed by atoms with Crippen LogP contribution < -0.4 is 0 Å². The third-order valence-electron chi connectivity index (χ3n) is 2.08. The molecular formula is C10H10F2O. The van der Waals surface area contributed by atoms with E-state index >= 15 is 0 Å². The van der Waals surface area contributed by atoms with Crippen molar-refractivity contribution in [3.63, 3.8) is 0 Å². The van der Waals surface area contributed by atoms with E-state index < -0.39 is 11.6 Å². The van der Waals surface area contributed by atoms with Crippen LogP contribution in [0.1, 0.15) is 12.0 Å². The quantitative estimate of drug-likeness (QED) is 0.656. The van der Waals surface area contributed by atoms with Gasteiger partial charge in [0.05, 0.1) is 12.7 Å². The first kappa shape index (κ1) is 8.63. The number of epoxide rings is 1. The Labute approximate surface area is 75.3 Å². The summed E-state index contributed by atoms with van der Waals surface area (Å²) in [6, 6.07) is 3.62. The lowest BCUT2D eigenvalue weighted by atomic mass is 10.1. The minimum Gasteiger partial charge on any atom is -0.373 e. The highest BCUT2D eigenvalue weighted by atomic mass is 19.1. The largest absolute Gasteiger partial charge is 0.373 e. The number of halogens is 2. The van der Waals surface area contributed by atoms with Gasteiger partial charge in [-0.1, -0.05) is 0 Å². The monoisotopic (exact) mass is 184 g/mol. The van der Waals surface area contributed by atoms with E-state index in [1.54, 1.807) is 0 Å². The van der Waals surface area contributed by atoms with Gasteiger partial charge in [0.15, 0.2) is 0 Å². The van der Waals surface area contributed by atoms with E-state index in [4.69, 9.17) is 4.74 Å². The molecule has 13 heavy (non-hydrogen) atoms. The average molecular weight is 184 g/mol. The predicted molar refractivity (Wildman–Crippen MR) is 44.4 cm³/mol. The fraction of sp³-hybridized carbons (Fsp3) is 0.400. The highest BCUT2D eigenvalue weighted by Gasteiger charge is 2.21. The van der Waals surface area contributed by atoms with E-state index in [2.05, 4.69) is 0 Å². The van der Waals surface area contributed by atoms with E-state index in [9.17, 15) is 8.78 Å². The molecule has 0 aromatic heterocycles. The summed E-state index contributed by atoms with van der Waals surface area (Å²) in [6.45, 7) is 0.789. The fourth-order valence-corrected chi connectivity index (χ4v) is 1.32. The minimum absolute atomic E-state index is 0.311. The zero-order valence-electron chi connectivity index (χ0n) is 7.09. The molecule has 1 saturated heterocycles. The van der Waals surface area contributed by atoms with Crippen molar-refractivity contribution in [3.8, 4) is 0 Å². The lowest BCUT2D eigenvalue weighted by molar-refractivity contribution is 0.396. The summed E-state index contributed by atoms with van der Waals surface area (Å²) in [5, 5.41) is 0. The number of aryl methyl sites for hydroxylation is 1. The van der Waals surface area contributed by atoms with Crippen LogP contribution in [0, 0.1) is 11.6 Å². The van der Waals surface area contributed by atoms with Crippen molar-refractivity contribution in [3.05, 3.63) is 35.4 Å². The molecular weight excluding hydrogens is 174 g/mol. The molecule has 1 aromatic rings. The molecule has 0 spiro atoms. The zero-order valence-corrected chi connectivity index (χ0v) is 7.09. The Bertz CT molecular complexity index is 288. The SMILES string of the molecule is Fc1cc(F)cc(CC[C@@H]2CO2)c1. The van der Waals surface area contributed by atoms with E-state index in [1.807, 2.05) is 0 Å². The third-order valence-corrected chi connectivity index (χ3v) is 2.08. The lowest BCUT2D eigenvalue weighted by Gasteiger charge is -1.99. The summed E-state index contributed by atoms with van der Waals surface area (Å²) in [5.41, 5.74) is 0.702. The Morgan fingerprint density at radius 3 is 2.38 bits per heavy atom. The van der Waals surface area contributed by atoms with E-state index in [-0.39, 0.29) is 0 Å². The Balaban J connectivity index is 2.01. The van der Waals surface area contributed by atoms with Gasteiger partial charge in [-0.2, -0.15) is 0 Å². The molecule has 0 unspecified atom stereocenters. The second-order valence-corrected chi connectivity index (χ2v) is 3.27. The van der Waals surface area contributed by atoms with Crippen LogP contribution in [-0.2, 0) is 11.2 Å². The summed E-state index contributed by atoms with van der Waals surface area (Å²) in [6.07, 6.45) is 1.84. The van der Waals surface area contributed by atoms with Gasteiger partial charge >= 0.3 is 0 Å². The Kier molecular flexibility index (Phi) is 2.27. The van der Waals surface area contributed by atoms with Crippen LogP contribution in [0.15, 0.2) is 18.2 Å². The molecule has 1 heterocycles. The molecule has 1 aromatic carbocycles. The normalized spacial score (nSPS) is 20.3. The van der Waals surface area contributed by atoms with Crippen molar-refractivity contribution in [1.82, 2.24) is 0 Å². The molecule has 70 valence electrons. The number of hydrogen-bond donors (Lipinski definition) is 0. The molecule has 1 aliphatic rings. The number of ether oxygens (including phenoxy) is 1. The van der Waals surface area contributed by atoms with Crippen molar-refractivity contribution in [2.24, 2.45) is 0 Å². The van der Waals surface area contributed by atoms with Crippen molar-refractivity contribution in [2.45, 2.75) is 18.9 Å². The summed E-state index contributed by atoms with van der Waals surface area (Å²) < 4.78 is 30.4. The van der Waals surface area contributed by atoms with Gasteiger partial charge in [-0.05, 0) is 30.5 Å². The second-order valence-electron chi connectivity index (χ2n) is 3.27. The van der Waals surface area contributed by atoms with E-state index in [0.29, 0.717) is 18.1 Å². The van der Waals surface area contributed by atoms with E-state index in [0.717, 1.165) is 19.1 Å². The number of rotatable bonds is 3. The zero-order chi connectivity index (χ0) is 9.26. The maximum absolute atomic E-state index is 12.7. The number of hydrogen-bond acceptors (Lipinski definition) is 1. The lowest BCUT2D eigenvalue weighted by Crippen LogP contribution is -1.93. The van der Waals surface area contributed by atoms with Gasteiger partial charge in [-0.25, -0.2) is 8.78 Å². The first-order chi connectivity index (χ1) is 6.24. The first-order valence-corrected chi connectivity index (χ1v) is 4.30. The maximum atomic E-state index is 12.7. The van der Waals surface area contributed by atoms with Crippen LogP contribution in [0.5, 0.6) is 0 Å². The Hall–Kier alpha value is -0.960. The second kappa shape index (κ2) is 3.42. The summed E-state index contributed by atoms with van der Waals surface area (Å²) >= 11 is 0. The summed E-state index contributed by atoms with van der Waals surface area (Å²) in [4.78, 5) is 0. The van der Waals surface area contributed by atoms with E-state index in [1.165, 1.54) is 12.1 Å². The third kappa shape index (κ3) is 2.49. The Morgan fingerprint density at radius 2 is 1.85 bits per heavy atom. The smallest absolute Gasteiger partial charge is 0.126 e. The standard InChI is InChI=1S/C10H10F2O/c11-8-3-7(4-9(12)5-8)1-2-10-6-13-10/h3-5,10H,1-2,6H2/t10-/m1/s1. The molecule has 0 N–H and O–H groups in total. The van der Waals surface area contributed by atoms with Crippen LogP contribution >= 0.6 is 0 Å². The van der Waals surface area contributed by atoms with Crippen LogP contribution in [0.25, 0.3) is 0 Å². The molecule has 0 bridgehead atoms. The molecule has 1 fully saturated rings. The van der Waals surface area contributed by atoms with Gasteiger partial charge in [0, 0.05) is 6.07 Å². The molecule has 1 atom stereocenters. The average Bonchev–Trinajstić information content (AvgIpc) is 2.81. The highest BCUT2D eigenvalue weighted by Crippen LogP contribution is 2.17. The summed E-state index contributed by atoms with van der Waals surface area (Å²) in [5.74, 6) is -1.02. The fourth-order valence-electron chi connectivity index (χ4n) is 1.32. The number of benzene rings is 1. The van der Waals surface area contributed by atoms with Gasteiger partial charge < -0.3 is 4.74 Å². The van der Waals surface area contributed by atoms with Crippen molar-refractivity contribution < 1.29 is 13.5 Å². The molecule has 2 rings (SSSR count). The van der Waals surface area contributed by atoms with Gasteiger partial charge in [-0.15, -0.1) is 0 Å². The van der Waals surface area contributed by atoms with Crippen molar-refractivity contribution in [2.75, 3.05) is 6.61 Å². The predicted octanol–water partition coefficient (Wildman–Crippen LogP) is 2.30. The molecule has 1 aliphatic heterocycles. The summed E-state index contributed by atoms with van der Waals surface area (Å²) in [7, 11) is 0. The molecule has 0 saturated carbocycles. The highest BCUT2D eigenvalue weighted by molar-refractivity contribution is 5.18. The van der Waals surface area contributed by atoms with Crippen LogP contribution in [0.2, 0.25) is 0 Å².